The summed E-state index contributed by atoms with van der Waals surface area (Å²) in [4.78, 5) is 5.20. The van der Waals surface area contributed by atoms with Gasteiger partial charge in [-0.1, -0.05) is 194 Å². The molecule has 62 heavy (non-hydrogen) atoms. The van der Waals surface area contributed by atoms with E-state index in [0.717, 1.165) is 39.2 Å². The SMILES string of the molecule is c1ccc(-c2nnc(-c3cccc(-c4ccccc4-c4ccc5c(c4)C4(c6ccccc6-5)c5ccccc5-n5c6ccccc6c6cccc4c65)c3)nc2-c2ccccc2)cc1. The van der Waals surface area contributed by atoms with Crippen LogP contribution in [0.5, 0.6) is 0 Å². The van der Waals surface area contributed by atoms with Crippen LogP contribution in [0, 0.1) is 0 Å². The van der Waals surface area contributed by atoms with Crippen LogP contribution < -0.4 is 0 Å². The predicted molar refractivity (Wildman–Crippen MR) is 252 cm³/mol. The Bertz CT molecular complexity index is 3590. The molecule has 0 radical (unpaired) electrons. The van der Waals surface area contributed by atoms with Crippen molar-refractivity contribution in [3.63, 3.8) is 0 Å². The molecule has 1 spiro atoms. The lowest BCUT2D eigenvalue weighted by Crippen LogP contribution is -2.33. The fraction of sp³-hybridized carbons (Fsp3) is 0.0172. The molecule has 1 aliphatic carbocycles. The Morgan fingerprint density at radius 1 is 0.339 bits per heavy atom. The Morgan fingerprint density at radius 2 is 0.903 bits per heavy atom. The molecule has 1 atom stereocenters. The van der Waals surface area contributed by atoms with Gasteiger partial charge in [-0.2, -0.15) is 0 Å². The monoisotopic (exact) mass is 788 g/mol. The van der Waals surface area contributed by atoms with Crippen LogP contribution >= 0.6 is 0 Å². The maximum Gasteiger partial charge on any atom is 0.182 e. The Kier molecular flexibility index (Phi) is 7.49. The number of aromatic nitrogens is 4. The molecule has 2 aromatic heterocycles. The van der Waals surface area contributed by atoms with Gasteiger partial charge in [0.15, 0.2) is 5.82 Å². The van der Waals surface area contributed by atoms with Gasteiger partial charge in [0.2, 0.25) is 0 Å². The predicted octanol–water partition coefficient (Wildman–Crippen LogP) is 14.0. The minimum absolute atomic E-state index is 0.524. The molecule has 0 N–H and O–H groups in total. The highest BCUT2D eigenvalue weighted by Gasteiger charge is 2.50. The van der Waals surface area contributed by atoms with E-state index >= 15 is 0 Å². The van der Waals surface area contributed by atoms with Gasteiger partial charge in [-0.05, 0) is 79.9 Å². The first-order chi connectivity index (χ1) is 30.8. The molecule has 288 valence electrons. The molecule has 1 aliphatic heterocycles. The molecule has 2 aliphatic rings. The highest BCUT2D eigenvalue weighted by atomic mass is 15.2. The smallest absolute Gasteiger partial charge is 0.182 e. The number of para-hydroxylation sites is 3. The topological polar surface area (TPSA) is 43.6 Å². The molecule has 0 bridgehead atoms. The lowest BCUT2D eigenvalue weighted by Gasteiger charge is -2.39. The Balaban J connectivity index is 0.993. The van der Waals surface area contributed by atoms with Crippen LogP contribution in [-0.4, -0.2) is 19.7 Å². The third-order valence-electron chi connectivity index (χ3n) is 13.1. The molecule has 0 saturated carbocycles. The summed E-state index contributed by atoms with van der Waals surface area (Å²) >= 11 is 0. The van der Waals surface area contributed by atoms with Crippen LogP contribution in [-0.2, 0) is 5.41 Å². The van der Waals surface area contributed by atoms with Gasteiger partial charge in [0.1, 0.15) is 11.4 Å². The molecule has 4 heteroatoms. The van der Waals surface area contributed by atoms with E-state index in [0.29, 0.717) is 5.82 Å². The van der Waals surface area contributed by atoms with Gasteiger partial charge in [0, 0.05) is 27.5 Å². The summed E-state index contributed by atoms with van der Waals surface area (Å²) < 4.78 is 2.50. The maximum absolute atomic E-state index is 5.20. The van der Waals surface area contributed by atoms with Crippen LogP contribution in [0.4, 0.5) is 0 Å². The first-order valence-corrected chi connectivity index (χ1v) is 21.2. The van der Waals surface area contributed by atoms with E-state index in [2.05, 4.69) is 187 Å². The van der Waals surface area contributed by atoms with Gasteiger partial charge in [-0.15, -0.1) is 10.2 Å². The molecule has 0 amide bonds. The molecule has 9 aromatic carbocycles. The maximum atomic E-state index is 5.20. The number of benzene rings is 9. The van der Waals surface area contributed by atoms with Crippen LogP contribution in [0.2, 0.25) is 0 Å². The van der Waals surface area contributed by atoms with Crippen LogP contribution in [0.3, 0.4) is 0 Å². The summed E-state index contributed by atoms with van der Waals surface area (Å²) in [5, 5.41) is 12.1. The van der Waals surface area contributed by atoms with Crippen molar-refractivity contribution < 1.29 is 0 Å². The van der Waals surface area contributed by atoms with Crippen molar-refractivity contribution >= 4 is 21.8 Å². The van der Waals surface area contributed by atoms with Crippen molar-refractivity contribution in [2.75, 3.05) is 0 Å². The first-order valence-electron chi connectivity index (χ1n) is 21.2. The largest absolute Gasteiger partial charge is 0.309 e. The van der Waals surface area contributed by atoms with E-state index in [1.54, 1.807) is 0 Å². The summed E-state index contributed by atoms with van der Waals surface area (Å²) in [7, 11) is 0. The van der Waals surface area contributed by atoms with E-state index in [1.807, 2.05) is 36.4 Å². The van der Waals surface area contributed by atoms with Crippen molar-refractivity contribution in [3.05, 3.63) is 241 Å². The minimum Gasteiger partial charge on any atom is -0.309 e. The second kappa shape index (κ2) is 13.4. The number of rotatable bonds is 5. The van der Waals surface area contributed by atoms with Gasteiger partial charge in [0.05, 0.1) is 22.1 Å². The molecule has 1 unspecified atom stereocenters. The average Bonchev–Trinajstić information content (AvgIpc) is 3.85. The third kappa shape index (κ3) is 4.86. The quantitative estimate of drug-likeness (QED) is 0.174. The highest BCUT2D eigenvalue weighted by molar-refractivity contribution is 6.13. The van der Waals surface area contributed by atoms with Crippen molar-refractivity contribution in [1.29, 1.82) is 0 Å². The lowest BCUT2D eigenvalue weighted by molar-refractivity contribution is 0.749. The van der Waals surface area contributed by atoms with E-state index in [4.69, 9.17) is 15.2 Å². The van der Waals surface area contributed by atoms with Gasteiger partial charge in [-0.3, -0.25) is 0 Å². The summed E-state index contributed by atoms with van der Waals surface area (Å²) in [6.07, 6.45) is 0. The zero-order valence-electron chi connectivity index (χ0n) is 33.6. The number of fused-ring (bicyclic) bond motifs is 12. The van der Waals surface area contributed by atoms with E-state index in [9.17, 15) is 0 Å². The van der Waals surface area contributed by atoms with Gasteiger partial charge in [-0.25, -0.2) is 4.98 Å². The summed E-state index contributed by atoms with van der Waals surface area (Å²) in [5.41, 5.74) is 20.1. The number of nitrogens with zero attached hydrogens (tertiary/aromatic N) is 4. The van der Waals surface area contributed by atoms with Crippen molar-refractivity contribution in [2.24, 2.45) is 0 Å². The molecule has 11 aromatic rings. The van der Waals surface area contributed by atoms with E-state index < -0.39 is 5.41 Å². The Morgan fingerprint density at radius 3 is 1.71 bits per heavy atom. The standard InChI is InChI=1S/C58H36N4/c1-3-17-37(18-4-1)54-55(38-19-5-2-6-20-38)60-61-57(59-54)41-22-15-21-39(35-41)42-23-7-8-24-43(42)40-33-34-45-44-25-9-11-28-48(44)58(51(45)36-40)49-29-12-14-32-53(49)62-52-31-13-10-26-46(52)47-27-16-30-50(58)56(47)62/h1-36H. The lowest BCUT2D eigenvalue weighted by atomic mass is 9.65. The molecule has 13 rings (SSSR count). The van der Waals surface area contributed by atoms with Crippen molar-refractivity contribution in [1.82, 2.24) is 19.7 Å². The van der Waals surface area contributed by atoms with Gasteiger partial charge >= 0.3 is 0 Å². The Hall–Kier alpha value is -8.21. The first kappa shape index (κ1) is 34.6. The molecule has 0 saturated heterocycles. The van der Waals surface area contributed by atoms with Crippen molar-refractivity contribution in [2.45, 2.75) is 5.41 Å². The van der Waals surface area contributed by atoms with E-state index in [1.165, 1.54) is 72.0 Å². The molecular weight excluding hydrogens is 753 g/mol. The fourth-order valence-electron chi connectivity index (χ4n) is 10.6. The summed E-state index contributed by atoms with van der Waals surface area (Å²) in [6, 6.07) is 78.8. The summed E-state index contributed by atoms with van der Waals surface area (Å²) in [5.74, 6) is 0.586. The second-order valence-corrected chi connectivity index (χ2v) is 16.3. The van der Waals surface area contributed by atoms with Crippen LogP contribution in [0.1, 0.15) is 22.3 Å². The zero-order chi connectivity index (χ0) is 40.8. The second-order valence-electron chi connectivity index (χ2n) is 16.3. The number of hydrogen-bond acceptors (Lipinski definition) is 3. The Labute approximate surface area is 359 Å². The molecular formula is C58H36N4. The van der Waals surface area contributed by atoms with Gasteiger partial charge < -0.3 is 4.57 Å². The molecule has 4 nitrogen and oxygen atoms in total. The normalized spacial score (nSPS) is 14.5. The fourth-order valence-corrected chi connectivity index (χ4v) is 10.6. The molecule has 3 heterocycles. The van der Waals surface area contributed by atoms with Crippen molar-refractivity contribution in [3.8, 4) is 73.0 Å². The minimum atomic E-state index is -0.524. The summed E-state index contributed by atoms with van der Waals surface area (Å²) in [6.45, 7) is 0. The molecule has 0 fully saturated rings. The zero-order valence-corrected chi connectivity index (χ0v) is 33.6. The van der Waals surface area contributed by atoms with E-state index in [-0.39, 0.29) is 0 Å². The average molecular weight is 789 g/mol. The number of hydrogen-bond donors (Lipinski definition) is 0. The van der Waals surface area contributed by atoms with Crippen LogP contribution in [0.25, 0.3) is 94.8 Å². The van der Waals surface area contributed by atoms with Gasteiger partial charge in [0.25, 0.3) is 0 Å². The highest BCUT2D eigenvalue weighted by Crippen LogP contribution is 2.61. The third-order valence-corrected chi connectivity index (χ3v) is 13.1. The van der Waals surface area contributed by atoms with Crippen LogP contribution in [0.15, 0.2) is 218 Å².